The summed E-state index contributed by atoms with van der Waals surface area (Å²) < 4.78 is 2.38. The van der Waals surface area contributed by atoms with Gasteiger partial charge in [0.05, 0.1) is 11.0 Å². The number of hydrogen-bond donors (Lipinski definition) is 2. The maximum atomic E-state index is 5.19. The Bertz CT molecular complexity index is 2030. The zero-order valence-corrected chi connectivity index (χ0v) is 23.8. The second-order valence-electron chi connectivity index (χ2n) is 11.2. The fraction of sp³-hybridized carbons (Fsp3) is 0.103. The molecule has 4 nitrogen and oxygen atoms in total. The summed E-state index contributed by atoms with van der Waals surface area (Å²) in [4.78, 5) is 5.19. The molecular formula is C39H32N4. The normalized spacial score (nSPS) is 18.3. The summed E-state index contributed by atoms with van der Waals surface area (Å²) in [7, 11) is 0. The van der Waals surface area contributed by atoms with Crippen LogP contribution in [0.5, 0.6) is 0 Å². The minimum absolute atomic E-state index is 0.0254. The van der Waals surface area contributed by atoms with Gasteiger partial charge >= 0.3 is 0 Å². The van der Waals surface area contributed by atoms with E-state index in [0.717, 1.165) is 35.5 Å². The van der Waals surface area contributed by atoms with Gasteiger partial charge in [-0.1, -0.05) is 115 Å². The first-order chi connectivity index (χ1) is 21.3. The molecule has 1 aliphatic carbocycles. The van der Waals surface area contributed by atoms with Crippen LogP contribution in [0.1, 0.15) is 30.1 Å². The number of amidine groups is 1. The molecular weight excluding hydrogens is 524 g/mol. The molecule has 8 rings (SSSR count). The van der Waals surface area contributed by atoms with Crippen LogP contribution in [0, 0.1) is 0 Å². The highest BCUT2D eigenvalue weighted by molar-refractivity contribution is 6.10. The molecule has 0 bridgehead atoms. The molecule has 1 aliphatic heterocycles. The predicted molar refractivity (Wildman–Crippen MR) is 178 cm³/mol. The van der Waals surface area contributed by atoms with E-state index in [1.807, 2.05) is 6.07 Å². The van der Waals surface area contributed by atoms with Gasteiger partial charge in [-0.05, 0) is 65.4 Å². The Kier molecular flexibility index (Phi) is 6.47. The maximum absolute atomic E-state index is 5.19. The van der Waals surface area contributed by atoms with Gasteiger partial charge in [0.2, 0.25) is 0 Å². The number of rotatable bonds is 5. The van der Waals surface area contributed by atoms with Crippen molar-refractivity contribution in [3.63, 3.8) is 0 Å². The van der Waals surface area contributed by atoms with E-state index in [4.69, 9.17) is 4.99 Å². The van der Waals surface area contributed by atoms with Crippen molar-refractivity contribution in [3.05, 3.63) is 162 Å². The Balaban J connectivity index is 1.24. The highest BCUT2D eigenvalue weighted by Gasteiger charge is 2.26. The highest BCUT2D eigenvalue weighted by Crippen LogP contribution is 2.35. The number of para-hydroxylation sites is 1. The molecule has 0 saturated carbocycles. The van der Waals surface area contributed by atoms with Crippen LogP contribution in [-0.4, -0.2) is 16.6 Å². The van der Waals surface area contributed by atoms with E-state index < -0.39 is 0 Å². The molecule has 0 spiro atoms. The fourth-order valence-corrected chi connectivity index (χ4v) is 6.39. The lowest BCUT2D eigenvalue weighted by Gasteiger charge is -2.33. The van der Waals surface area contributed by atoms with Gasteiger partial charge < -0.3 is 9.88 Å². The summed E-state index contributed by atoms with van der Waals surface area (Å²) in [6.07, 6.45) is 8.74. The number of allylic oxidation sites excluding steroid dienone is 2. The molecule has 2 N–H and O–H groups in total. The largest absolute Gasteiger partial charge is 0.350 e. The molecule has 0 saturated heterocycles. The summed E-state index contributed by atoms with van der Waals surface area (Å²) in [5.74, 6) is 0.907. The number of fused-ring (bicyclic) bond motifs is 3. The molecule has 2 unspecified atom stereocenters. The van der Waals surface area contributed by atoms with Gasteiger partial charge in [0.15, 0.2) is 0 Å². The molecule has 43 heavy (non-hydrogen) atoms. The van der Waals surface area contributed by atoms with Crippen LogP contribution < -0.4 is 10.6 Å². The van der Waals surface area contributed by atoms with Gasteiger partial charge in [0.25, 0.3) is 0 Å². The van der Waals surface area contributed by atoms with Gasteiger partial charge in [-0.2, -0.15) is 0 Å². The summed E-state index contributed by atoms with van der Waals surface area (Å²) in [5.41, 5.74) is 9.45. The molecule has 0 amide bonds. The van der Waals surface area contributed by atoms with E-state index in [9.17, 15) is 0 Å². The van der Waals surface area contributed by atoms with Crippen molar-refractivity contribution < 1.29 is 0 Å². The van der Waals surface area contributed by atoms with Gasteiger partial charge in [-0.3, -0.25) is 5.32 Å². The third kappa shape index (κ3) is 4.76. The summed E-state index contributed by atoms with van der Waals surface area (Å²) in [5, 5.41) is 9.95. The minimum Gasteiger partial charge on any atom is -0.350 e. The SMILES string of the molecule is C1=CC(C2NC(c3ccccc3)=NC(c3cccc(-n4c5ccccc5c5cc(-c6ccccc6)ccc54)c3)N2)=CCC1. The van der Waals surface area contributed by atoms with Crippen LogP contribution in [0.3, 0.4) is 0 Å². The van der Waals surface area contributed by atoms with Crippen LogP contribution in [0.2, 0.25) is 0 Å². The van der Waals surface area contributed by atoms with Crippen LogP contribution in [0.15, 0.2) is 156 Å². The van der Waals surface area contributed by atoms with Gasteiger partial charge in [-0.15, -0.1) is 0 Å². The zero-order valence-electron chi connectivity index (χ0n) is 23.8. The topological polar surface area (TPSA) is 41.4 Å². The van der Waals surface area contributed by atoms with Crippen LogP contribution in [0.4, 0.5) is 0 Å². The number of nitrogens with zero attached hydrogens (tertiary/aromatic N) is 2. The van der Waals surface area contributed by atoms with Crippen molar-refractivity contribution in [1.82, 2.24) is 15.2 Å². The van der Waals surface area contributed by atoms with Gasteiger partial charge in [0, 0.05) is 22.0 Å². The van der Waals surface area contributed by atoms with Crippen LogP contribution in [0.25, 0.3) is 38.6 Å². The van der Waals surface area contributed by atoms with E-state index in [0.29, 0.717) is 0 Å². The molecule has 0 radical (unpaired) electrons. The molecule has 5 aromatic carbocycles. The van der Waals surface area contributed by atoms with Crippen LogP contribution in [-0.2, 0) is 0 Å². The molecule has 2 heterocycles. The predicted octanol–water partition coefficient (Wildman–Crippen LogP) is 8.69. The molecule has 208 valence electrons. The number of benzene rings is 5. The average molecular weight is 557 g/mol. The second kappa shape index (κ2) is 10.9. The Morgan fingerprint density at radius 2 is 1.40 bits per heavy atom. The van der Waals surface area contributed by atoms with E-state index in [1.165, 1.54) is 38.5 Å². The first-order valence-electron chi connectivity index (χ1n) is 15.0. The van der Waals surface area contributed by atoms with Crippen molar-refractivity contribution in [3.8, 4) is 16.8 Å². The molecule has 6 aromatic rings. The standard InChI is InChI=1S/C39H32N4/c1-4-13-27(14-5-1)30-23-24-36-34(26-30)33-21-10-11-22-35(33)43(36)32-20-12-19-31(25-32)39-41-37(28-15-6-2-7-16-28)40-38(42-39)29-17-8-3-9-18-29/h1-2,4-8,10-26,38-39,42H,3,9H2,(H,40,41). The van der Waals surface area contributed by atoms with E-state index >= 15 is 0 Å². The fourth-order valence-electron chi connectivity index (χ4n) is 6.39. The third-order valence-corrected chi connectivity index (χ3v) is 8.49. The number of nitrogens with one attached hydrogen (secondary N) is 2. The van der Waals surface area contributed by atoms with Crippen molar-refractivity contribution in [2.45, 2.75) is 25.2 Å². The Labute approximate surface area is 251 Å². The van der Waals surface area contributed by atoms with E-state index in [2.05, 4.69) is 155 Å². The number of aromatic nitrogens is 1. The van der Waals surface area contributed by atoms with Crippen molar-refractivity contribution in [1.29, 1.82) is 0 Å². The molecule has 4 heteroatoms. The summed E-state index contributed by atoms with van der Waals surface area (Å²) in [6.45, 7) is 0. The lowest BCUT2D eigenvalue weighted by molar-refractivity contribution is 0.440. The van der Waals surface area contributed by atoms with Crippen molar-refractivity contribution >= 4 is 27.6 Å². The Morgan fingerprint density at radius 1 is 0.628 bits per heavy atom. The number of hydrogen-bond acceptors (Lipinski definition) is 3. The van der Waals surface area contributed by atoms with Crippen molar-refractivity contribution in [2.24, 2.45) is 4.99 Å². The maximum Gasteiger partial charge on any atom is 0.131 e. The van der Waals surface area contributed by atoms with Gasteiger partial charge in [0.1, 0.15) is 18.2 Å². The Hall–Kier alpha value is -5.19. The van der Waals surface area contributed by atoms with Crippen LogP contribution >= 0.6 is 0 Å². The summed E-state index contributed by atoms with van der Waals surface area (Å²) >= 11 is 0. The first kappa shape index (κ1) is 25.5. The molecule has 2 atom stereocenters. The molecule has 1 aromatic heterocycles. The minimum atomic E-state index is -0.199. The lowest BCUT2D eigenvalue weighted by atomic mass is 10.0. The number of aliphatic imine (C=N–C) groups is 1. The zero-order chi connectivity index (χ0) is 28.6. The average Bonchev–Trinajstić information content (AvgIpc) is 3.43. The first-order valence-corrected chi connectivity index (χ1v) is 15.0. The van der Waals surface area contributed by atoms with E-state index in [-0.39, 0.29) is 12.3 Å². The van der Waals surface area contributed by atoms with Gasteiger partial charge in [-0.25, -0.2) is 4.99 Å². The second-order valence-corrected chi connectivity index (χ2v) is 11.2. The molecule has 2 aliphatic rings. The quantitative estimate of drug-likeness (QED) is 0.223. The smallest absolute Gasteiger partial charge is 0.131 e. The summed E-state index contributed by atoms with van der Waals surface area (Å²) in [6, 6.07) is 45.4. The highest BCUT2D eigenvalue weighted by atomic mass is 15.3. The van der Waals surface area contributed by atoms with Crippen molar-refractivity contribution in [2.75, 3.05) is 0 Å². The lowest BCUT2D eigenvalue weighted by Crippen LogP contribution is -2.52. The monoisotopic (exact) mass is 556 g/mol. The molecule has 0 fully saturated rings. The Morgan fingerprint density at radius 3 is 2.21 bits per heavy atom. The van der Waals surface area contributed by atoms with E-state index in [1.54, 1.807) is 0 Å². The third-order valence-electron chi connectivity index (χ3n) is 8.49.